The first-order valence-electron chi connectivity index (χ1n) is 7.21. The third-order valence-corrected chi connectivity index (χ3v) is 3.49. The summed E-state index contributed by atoms with van der Waals surface area (Å²) in [6, 6.07) is 17.0. The number of benzene rings is 2. The molecule has 0 spiro atoms. The Kier molecular flexibility index (Phi) is 5.64. The molecule has 112 valence electrons. The molecule has 0 heterocycles. The van der Waals surface area contributed by atoms with Crippen molar-refractivity contribution in [2.24, 2.45) is 0 Å². The molecular weight excluding hydrogens is 262 g/mol. The van der Waals surface area contributed by atoms with Gasteiger partial charge >= 0.3 is 0 Å². The number of hydrogen-bond acceptors (Lipinski definition) is 3. The molecule has 2 aromatic rings. The van der Waals surface area contributed by atoms with Gasteiger partial charge in [0.05, 0.1) is 14.2 Å². The van der Waals surface area contributed by atoms with Gasteiger partial charge in [0.1, 0.15) is 0 Å². The van der Waals surface area contributed by atoms with Crippen LogP contribution in [-0.2, 0) is 13.0 Å². The van der Waals surface area contributed by atoms with Gasteiger partial charge in [0.2, 0.25) is 0 Å². The Balaban J connectivity index is 1.90. The second-order valence-electron chi connectivity index (χ2n) is 5.16. The fourth-order valence-corrected chi connectivity index (χ4v) is 2.32. The molecule has 1 atom stereocenters. The average Bonchev–Trinajstić information content (AvgIpc) is 2.53. The van der Waals surface area contributed by atoms with Crippen molar-refractivity contribution in [1.29, 1.82) is 0 Å². The minimum absolute atomic E-state index is 0.417. The van der Waals surface area contributed by atoms with Crippen LogP contribution in [0.4, 0.5) is 0 Å². The van der Waals surface area contributed by atoms with E-state index < -0.39 is 0 Å². The maximum Gasteiger partial charge on any atom is 0.161 e. The normalized spacial score (nSPS) is 12.0. The predicted molar refractivity (Wildman–Crippen MR) is 86.0 cm³/mol. The van der Waals surface area contributed by atoms with Crippen LogP contribution in [0.25, 0.3) is 0 Å². The molecule has 0 unspecified atom stereocenters. The van der Waals surface area contributed by atoms with E-state index in [1.54, 1.807) is 14.2 Å². The quantitative estimate of drug-likeness (QED) is 0.845. The lowest BCUT2D eigenvalue weighted by molar-refractivity contribution is 0.354. The van der Waals surface area contributed by atoms with Crippen LogP contribution in [0.15, 0.2) is 48.5 Å². The molecule has 3 nitrogen and oxygen atoms in total. The molecule has 1 N–H and O–H groups in total. The van der Waals surface area contributed by atoms with Gasteiger partial charge in [0.15, 0.2) is 11.5 Å². The minimum atomic E-state index is 0.417. The fourth-order valence-electron chi connectivity index (χ4n) is 2.32. The van der Waals surface area contributed by atoms with Crippen molar-refractivity contribution in [3.05, 3.63) is 59.7 Å². The molecule has 0 saturated heterocycles. The van der Waals surface area contributed by atoms with Crippen LogP contribution >= 0.6 is 0 Å². The smallest absolute Gasteiger partial charge is 0.161 e. The largest absolute Gasteiger partial charge is 0.493 e. The van der Waals surface area contributed by atoms with Crippen LogP contribution in [-0.4, -0.2) is 20.3 Å². The van der Waals surface area contributed by atoms with Crippen LogP contribution < -0.4 is 14.8 Å². The summed E-state index contributed by atoms with van der Waals surface area (Å²) in [5, 5.41) is 3.54. The molecule has 3 heteroatoms. The van der Waals surface area contributed by atoms with E-state index in [2.05, 4.69) is 42.6 Å². The highest BCUT2D eigenvalue weighted by Crippen LogP contribution is 2.27. The van der Waals surface area contributed by atoms with Crippen molar-refractivity contribution in [2.75, 3.05) is 14.2 Å². The topological polar surface area (TPSA) is 30.5 Å². The standard InChI is InChI=1S/C18H23NO2/c1-14(11-15-7-5-4-6-8-15)19-13-16-9-10-17(20-2)18(12-16)21-3/h4-10,12,14,19H,11,13H2,1-3H3/t14-/m0/s1. The van der Waals surface area contributed by atoms with Gasteiger partial charge in [-0.15, -0.1) is 0 Å². The summed E-state index contributed by atoms with van der Waals surface area (Å²) in [6.45, 7) is 3.02. The highest BCUT2D eigenvalue weighted by molar-refractivity contribution is 5.42. The predicted octanol–water partition coefficient (Wildman–Crippen LogP) is 3.42. The van der Waals surface area contributed by atoms with Crippen LogP contribution in [0.2, 0.25) is 0 Å². The van der Waals surface area contributed by atoms with Crippen molar-refractivity contribution < 1.29 is 9.47 Å². The first-order valence-corrected chi connectivity index (χ1v) is 7.21. The van der Waals surface area contributed by atoms with Gasteiger partial charge in [-0.05, 0) is 36.6 Å². The first kappa shape index (κ1) is 15.4. The molecule has 0 bridgehead atoms. The highest BCUT2D eigenvalue weighted by Gasteiger charge is 2.06. The SMILES string of the molecule is COc1ccc(CN[C@@H](C)Cc2ccccc2)cc1OC. The third-order valence-electron chi connectivity index (χ3n) is 3.49. The summed E-state index contributed by atoms with van der Waals surface area (Å²) < 4.78 is 10.6. The van der Waals surface area contributed by atoms with E-state index in [-0.39, 0.29) is 0 Å². The monoisotopic (exact) mass is 285 g/mol. The summed E-state index contributed by atoms with van der Waals surface area (Å²) in [7, 11) is 3.31. The number of nitrogens with one attached hydrogen (secondary N) is 1. The van der Waals surface area contributed by atoms with Crippen LogP contribution in [0.5, 0.6) is 11.5 Å². The third kappa shape index (κ3) is 4.50. The lowest BCUT2D eigenvalue weighted by Gasteiger charge is -2.15. The summed E-state index contributed by atoms with van der Waals surface area (Å²) >= 11 is 0. The lowest BCUT2D eigenvalue weighted by Crippen LogP contribution is -2.27. The summed E-state index contributed by atoms with van der Waals surface area (Å²) in [5.41, 5.74) is 2.54. The lowest BCUT2D eigenvalue weighted by atomic mass is 10.1. The van der Waals surface area contributed by atoms with Crippen molar-refractivity contribution in [2.45, 2.75) is 25.9 Å². The van der Waals surface area contributed by atoms with Crippen LogP contribution in [0, 0.1) is 0 Å². The number of methoxy groups -OCH3 is 2. The van der Waals surface area contributed by atoms with Gasteiger partial charge in [-0.1, -0.05) is 36.4 Å². The Morgan fingerprint density at radius 1 is 0.905 bits per heavy atom. The van der Waals surface area contributed by atoms with E-state index >= 15 is 0 Å². The van der Waals surface area contributed by atoms with Gasteiger partial charge < -0.3 is 14.8 Å². The fraction of sp³-hybridized carbons (Fsp3) is 0.333. The molecule has 0 fully saturated rings. The Morgan fingerprint density at radius 2 is 1.62 bits per heavy atom. The van der Waals surface area contributed by atoms with E-state index in [1.807, 2.05) is 18.2 Å². The van der Waals surface area contributed by atoms with Gasteiger partial charge in [-0.25, -0.2) is 0 Å². The zero-order chi connectivity index (χ0) is 15.1. The summed E-state index contributed by atoms with van der Waals surface area (Å²) in [6.07, 6.45) is 1.02. The van der Waals surface area contributed by atoms with Gasteiger partial charge in [0.25, 0.3) is 0 Å². The van der Waals surface area contributed by atoms with Crippen molar-refractivity contribution in [3.8, 4) is 11.5 Å². The first-order chi connectivity index (χ1) is 10.2. The zero-order valence-corrected chi connectivity index (χ0v) is 12.9. The highest BCUT2D eigenvalue weighted by atomic mass is 16.5. The number of ether oxygens (including phenoxy) is 2. The molecule has 0 amide bonds. The minimum Gasteiger partial charge on any atom is -0.493 e. The van der Waals surface area contributed by atoms with Gasteiger partial charge in [-0.3, -0.25) is 0 Å². The molecule has 0 saturated carbocycles. The molecule has 0 aliphatic heterocycles. The summed E-state index contributed by atoms with van der Waals surface area (Å²) in [5.74, 6) is 1.53. The Bertz CT molecular complexity index is 554. The van der Waals surface area contributed by atoms with E-state index in [0.717, 1.165) is 24.5 Å². The maximum absolute atomic E-state index is 5.33. The van der Waals surface area contributed by atoms with Crippen molar-refractivity contribution in [3.63, 3.8) is 0 Å². The van der Waals surface area contributed by atoms with Gasteiger partial charge in [-0.2, -0.15) is 0 Å². The Hall–Kier alpha value is -2.00. The van der Waals surface area contributed by atoms with Crippen molar-refractivity contribution >= 4 is 0 Å². The molecule has 0 aliphatic rings. The molecular formula is C18H23NO2. The Labute approximate surface area is 126 Å². The van der Waals surface area contributed by atoms with Gasteiger partial charge in [0, 0.05) is 12.6 Å². The molecule has 0 radical (unpaired) electrons. The maximum atomic E-state index is 5.33. The second kappa shape index (κ2) is 7.70. The van der Waals surface area contributed by atoms with E-state index in [9.17, 15) is 0 Å². The van der Waals surface area contributed by atoms with E-state index in [1.165, 1.54) is 11.1 Å². The average molecular weight is 285 g/mol. The summed E-state index contributed by atoms with van der Waals surface area (Å²) in [4.78, 5) is 0. The molecule has 2 rings (SSSR count). The van der Waals surface area contributed by atoms with E-state index in [0.29, 0.717) is 6.04 Å². The molecule has 0 aromatic heterocycles. The number of rotatable bonds is 7. The second-order valence-corrected chi connectivity index (χ2v) is 5.16. The van der Waals surface area contributed by atoms with Crippen LogP contribution in [0.3, 0.4) is 0 Å². The van der Waals surface area contributed by atoms with Crippen LogP contribution in [0.1, 0.15) is 18.1 Å². The molecule has 0 aliphatic carbocycles. The van der Waals surface area contributed by atoms with Crippen molar-refractivity contribution in [1.82, 2.24) is 5.32 Å². The molecule has 21 heavy (non-hydrogen) atoms. The van der Waals surface area contributed by atoms with E-state index in [4.69, 9.17) is 9.47 Å². The number of hydrogen-bond donors (Lipinski definition) is 1. The zero-order valence-electron chi connectivity index (χ0n) is 12.9. The Morgan fingerprint density at radius 3 is 2.29 bits per heavy atom. The molecule has 2 aromatic carbocycles.